The van der Waals surface area contributed by atoms with Crippen molar-refractivity contribution in [2.45, 2.75) is 19.8 Å². The number of benzene rings is 1. The SMILES string of the molecule is CCCNc1cc(NCCc2ccccc2F)ccn1. The number of halogens is 1. The number of aromatic nitrogens is 1. The zero-order chi connectivity index (χ0) is 14.2. The van der Waals surface area contributed by atoms with Crippen LogP contribution in [0.3, 0.4) is 0 Å². The Morgan fingerprint density at radius 2 is 1.95 bits per heavy atom. The van der Waals surface area contributed by atoms with Crippen molar-refractivity contribution in [1.29, 1.82) is 0 Å². The van der Waals surface area contributed by atoms with Crippen molar-refractivity contribution >= 4 is 11.5 Å². The first kappa shape index (κ1) is 14.3. The topological polar surface area (TPSA) is 37.0 Å². The summed E-state index contributed by atoms with van der Waals surface area (Å²) in [6, 6.07) is 10.8. The van der Waals surface area contributed by atoms with Gasteiger partial charge in [0.05, 0.1) is 0 Å². The van der Waals surface area contributed by atoms with Crippen molar-refractivity contribution in [1.82, 2.24) is 4.98 Å². The molecule has 0 aliphatic heterocycles. The van der Waals surface area contributed by atoms with Gasteiger partial charge in [-0.25, -0.2) is 9.37 Å². The zero-order valence-electron chi connectivity index (χ0n) is 11.7. The smallest absolute Gasteiger partial charge is 0.127 e. The maximum Gasteiger partial charge on any atom is 0.127 e. The highest BCUT2D eigenvalue weighted by Crippen LogP contribution is 2.13. The molecule has 2 N–H and O–H groups in total. The molecule has 4 heteroatoms. The Morgan fingerprint density at radius 1 is 1.10 bits per heavy atom. The second-order valence-electron chi connectivity index (χ2n) is 4.62. The van der Waals surface area contributed by atoms with Crippen LogP contribution in [0.25, 0.3) is 0 Å². The van der Waals surface area contributed by atoms with Gasteiger partial charge in [-0.05, 0) is 30.5 Å². The Balaban J connectivity index is 1.86. The third kappa shape index (κ3) is 4.23. The predicted molar refractivity (Wildman–Crippen MR) is 81.6 cm³/mol. The first-order chi connectivity index (χ1) is 9.79. The molecule has 0 atom stereocenters. The standard InChI is InChI=1S/C16H20FN3/c1-2-9-19-16-12-14(8-11-20-16)18-10-7-13-5-3-4-6-15(13)17/h3-6,8,11-12H,2,7,9-10H2,1H3,(H2,18,19,20). The Morgan fingerprint density at radius 3 is 2.75 bits per heavy atom. The molecule has 3 nitrogen and oxygen atoms in total. The molecule has 1 aromatic carbocycles. The molecule has 1 aromatic heterocycles. The van der Waals surface area contributed by atoms with Crippen LogP contribution in [0.4, 0.5) is 15.9 Å². The van der Waals surface area contributed by atoms with Gasteiger partial charge < -0.3 is 10.6 Å². The van der Waals surface area contributed by atoms with E-state index >= 15 is 0 Å². The van der Waals surface area contributed by atoms with Crippen LogP contribution < -0.4 is 10.6 Å². The minimum absolute atomic E-state index is 0.144. The van der Waals surface area contributed by atoms with Gasteiger partial charge in [-0.2, -0.15) is 0 Å². The van der Waals surface area contributed by atoms with Crippen LogP contribution in [-0.2, 0) is 6.42 Å². The normalized spacial score (nSPS) is 10.3. The molecule has 2 rings (SSSR count). The molecule has 0 fully saturated rings. The van der Waals surface area contributed by atoms with Gasteiger partial charge in [0, 0.05) is 31.0 Å². The number of anilines is 2. The molecule has 0 aliphatic carbocycles. The lowest BCUT2D eigenvalue weighted by Crippen LogP contribution is -2.07. The number of nitrogens with one attached hydrogen (secondary N) is 2. The minimum Gasteiger partial charge on any atom is -0.385 e. The van der Waals surface area contributed by atoms with E-state index in [1.54, 1.807) is 12.3 Å². The lowest BCUT2D eigenvalue weighted by molar-refractivity contribution is 0.610. The van der Waals surface area contributed by atoms with Crippen molar-refractivity contribution < 1.29 is 4.39 Å². The Kier molecular flexibility index (Phi) is 5.35. The van der Waals surface area contributed by atoms with E-state index in [0.717, 1.165) is 30.0 Å². The van der Waals surface area contributed by atoms with Gasteiger partial charge in [-0.15, -0.1) is 0 Å². The first-order valence-corrected chi connectivity index (χ1v) is 6.97. The summed E-state index contributed by atoms with van der Waals surface area (Å²) in [5.41, 5.74) is 1.73. The molecule has 1 heterocycles. The van der Waals surface area contributed by atoms with Crippen LogP contribution in [0.2, 0.25) is 0 Å². The van der Waals surface area contributed by atoms with Crippen molar-refractivity contribution in [2.24, 2.45) is 0 Å². The second-order valence-corrected chi connectivity index (χ2v) is 4.62. The molecule has 0 bridgehead atoms. The lowest BCUT2D eigenvalue weighted by atomic mass is 10.1. The molecule has 0 aliphatic rings. The van der Waals surface area contributed by atoms with Crippen molar-refractivity contribution in [3.63, 3.8) is 0 Å². The lowest BCUT2D eigenvalue weighted by Gasteiger charge is -2.09. The molecule has 0 saturated heterocycles. The number of rotatable bonds is 7. The van der Waals surface area contributed by atoms with E-state index in [1.165, 1.54) is 6.07 Å². The molecule has 0 saturated carbocycles. The Hall–Kier alpha value is -2.10. The van der Waals surface area contributed by atoms with Gasteiger partial charge in [0.2, 0.25) is 0 Å². The van der Waals surface area contributed by atoms with Gasteiger partial charge in [0.1, 0.15) is 11.6 Å². The van der Waals surface area contributed by atoms with Crippen molar-refractivity contribution in [3.8, 4) is 0 Å². The van der Waals surface area contributed by atoms with Crippen LogP contribution >= 0.6 is 0 Å². The van der Waals surface area contributed by atoms with Gasteiger partial charge in [0.15, 0.2) is 0 Å². The van der Waals surface area contributed by atoms with Crippen molar-refractivity contribution in [2.75, 3.05) is 23.7 Å². The predicted octanol–water partition coefficient (Wildman–Crippen LogP) is 3.70. The third-order valence-electron chi connectivity index (χ3n) is 3.00. The molecule has 0 amide bonds. The van der Waals surface area contributed by atoms with Crippen LogP contribution in [0.1, 0.15) is 18.9 Å². The van der Waals surface area contributed by atoms with Crippen LogP contribution in [0, 0.1) is 5.82 Å². The van der Waals surface area contributed by atoms with E-state index < -0.39 is 0 Å². The van der Waals surface area contributed by atoms with E-state index in [2.05, 4.69) is 22.5 Å². The summed E-state index contributed by atoms with van der Waals surface area (Å²) < 4.78 is 13.5. The third-order valence-corrected chi connectivity index (χ3v) is 3.00. The highest BCUT2D eigenvalue weighted by atomic mass is 19.1. The summed E-state index contributed by atoms with van der Waals surface area (Å²) in [5, 5.41) is 6.53. The molecule has 106 valence electrons. The largest absolute Gasteiger partial charge is 0.385 e. The maximum atomic E-state index is 13.5. The van der Waals surface area contributed by atoms with Crippen molar-refractivity contribution in [3.05, 3.63) is 54.0 Å². The molecule has 0 unspecified atom stereocenters. The quantitative estimate of drug-likeness (QED) is 0.807. The second kappa shape index (κ2) is 7.48. The average Bonchev–Trinajstić information content (AvgIpc) is 2.48. The number of hydrogen-bond donors (Lipinski definition) is 2. The molecule has 0 radical (unpaired) electrons. The monoisotopic (exact) mass is 273 g/mol. The van der Waals surface area contributed by atoms with Gasteiger partial charge in [-0.1, -0.05) is 25.1 Å². The van der Waals surface area contributed by atoms with Crippen LogP contribution in [-0.4, -0.2) is 18.1 Å². The summed E-state index contributed by atoms with van der Waals surface area (Å²) in [6.45, 7) is 3.72. The fourth-order valence-corrected chi connectivity index (χ4v) is 1.93. The Labute approximate surface area is 119 Å². The highest BCUT2D eigenvalue weighted by molar-refractivity contribution is 5.51. The van der Waals surface area contributed by atoms with Crippen LogP contribution in [0.15, 0.2) is 42.6 Å². The molecule has 20 heavy (non-hydrogen) atoms. The molecular formula is C16H20FN3. The maximum absolute atomic E-state index is 13.5. The summed E-state index contributed by atoms with van der Waals surface area (Å²) in [5.74, 6) is 0.720. The van der Waals surface area contributed by atoms with E-state index in [9.17, 15) is 4.39 Å². The Bertz CT molecular complexity index is 543. The fraction of sp³-hybridized carbons (Fsp3) is 0.312. The highest BCUT2D eigenvalue weighted by Gasteiger charge is 2.01. The zero-order valence-corrected chi connectivity index (χ0v) is 11.7. The number of nitrogens with zero attached hydrogens (tertiary/aromatic N) is 1. The van der Waals surface area contributed by atoms with E-state index in [-0.39, 0.29) is 5.82 Å². The molecule has 0 spiro atoms. The van der Waals surface area contributed by atoms with Gasteiger partial charge in [-0.3, -0.25) is 0 Å². The van der Waals surface area contributed by atoms with E-state index in [1.807, 2.05) is 24.3 Å². The molecular weight excluding hydrogens is 253 g/mol. The number of hydrogen-bond acceptors (Lipinski definition) is 3. The average molecular weight is 273 g/mol. The van der Waals surface area contributed by atoms with Gasteiger partial charge >= 0.3 is 0 Å². The first-order valence-electron chi connectivity index (χ1n) is 6.97. The summed E-state index contributed by atoms with van der Waals surface area (Å²) in [7, 11) is 0. The molecule has 2 aromatic rings. The summed E-state index contributed by atoms with van der Waals surface area (Å²) in [6.07, 6.45) is 3.49. The van der Waals surface area contributed by atoms with Gasteiger partial charge in [0.25, 0.3) is 0 Å². The van der Waals surface area contributed by atoms with E-state index in [4.69, 9.17) is 0 Å². The van der Waals surface area contributed by atoms with Crippen LogP contribution in [0.5, 0.6) is 0 Å². The summed E-state index contributed by atoms with van der Waals surface area (Å²) >= 11 is 0. The summed E-state index contributed by atoms with van der Waals surface area (Å²) in [4.78, 5) is 4.25. The van der Waals surface area contributed by atoms with E-state index in [0.29, 0.717) is 13.0 Å². The minimum atomic E-state index is -0.144. The number of pyridine rings is 1. The fourth-order valence-electron chi connectivity index (χ4n) is 1.93.